The van der Waals surface area contributed by atoms with Crippen LogP contribution >= 0.6 is 0 Å². The lowest BCUT2D eigenvalue weighted by Gasteiger charge is -2.11. The first kappa shape index (κ1) is 21.1. The minimum absolute atomic E-state index is 0.132. The first-order chi connectivity index (χ1) is 16.5. The van der Waals surface area contributed by atoms with E-state index in [0.717, 1.165) is 39.6 Å². The molecule has 7 heteroatoms. The van der Waals surface area contributed by atoms with Crippen molar-refractivity contribution in [2.75, 3.05) is 21.3 Å². The summed E-state index contributed by atoms with van der Waals surface area (Å²) in [6, 6.07) is 24.3. The van der Waals surface area contributed by atoms with Crippen molar-refractivity contribution in [3.8, 4) is 0 Å². The molecular formula is C27H23N5O2. The van der Waals surface area contributed by atoms with Crippen LogP contribution in [0, 0.1) is 6.92 Å². The van der Waals surface area contributed by atoms with Crippen molar-refractivity contribution in [2.45, 2.75) is 6.92 Å². The molecule has 0 fully saturated rings. The maximum atomic E-state index is 12.5. The third-order valence-electron chi connectivity index (χ3n) is 5.41. The third-order valence-corrected chi connectivity index (χ3v) is 5.41. The normalized spacial score (nSPS) is 13.3. The van der Waals surface area contributed by atoms with Gasteiger partial charge in [0.2, 0.25) is 0 Å². The van der Waals surface area contributed by atoms with E-state index < -0.39 is 0 Å². The number of H-pyrrole nitrogens is 1. The van der Waals surface area contributed by atoms with Crippen molar-refractivity contribution < 1.29 is 9.59 Å². The van der Waals surface area contributed by atoms with Gasteiger partial charge in [0, 0.05) is 40.2 Å². The molecule has 0 aliphatic carbocycles. The van der Waals surface area contributed by atoms with Gasteiger partial charge in [-0.25, -0.2) is 4.79 Å². The Balaban J connectivity index is 1.28. The lowest BCUT2D eigenvalue weighted by atomic mass is 10.1. The fraction of sp³-hybridized carbons (Fsp3) is 0.0370. The molecule has 2 heterocycles. The number of hydrogen-bond donors (Lipinski definition) is 5. The maximum absolute atomic E-state index is 12.5. The van der Waals surface area contributed by atoms with Gasteiger partial charge >= 0.3 is 6.03 Å². The van der Waals surface area contributed by atoms with E-state index in [9.17, 15) is 9.59 Å². The van der Waals surface area contributed by atoms with E-state index in [1.54, 1.807) is 0 Å². The van der Waals surface area contributed by atoms with Crippen LogP contribution < -0.4 is 21.3 Å². The van der Waals surface area contributed by atoms with E-state index in [2.05, 4.69) is 26.3 Å². The Bertz CT molecular complexity index is 1410. The number of nitrogens with one attached hydrogen (secondary N) is 5. The van der Waals surface area contributed by atoms with Crippen molar-refractivity contribution in [2.24, 2.45) is 0 Å². The van der Waals surface area contributed by atoms with Gasteiger partial charge in [0.1, 0.15) is 0 Å². The van der Waals surface area contributed by atoms with E-state index in [0.29, 0.717) is 11.3 Å². The Morgan fingerprint density at radius 2 is 1.56 bits per heavy atom. The summed E-state index contributed by atoms with van der Waals surface area (Å²) >= 11 is 0. The van der Waals surface area contributed by atoms with Crippen LogP contribution in [0.2, 0.25) is 0 Å². The molecule has 3 amide bonds. The number of aryl methyl sites for hydroxylation is 1. The van der Waals surface area contributed by atoms with Gasteiger partial charge < -0.3 is 26.3 Å². The Morgan fingerprint density at radius 3 is 2.32 bits per heavy atom. The molecule has 0 saturated heterocycles. The van der Waals surface area contributed by atoms with Crippen LogP contribution in [0.15, 0.2) is 85.1 Å². The summed E-state index contributed by atoms with van der Waals surface area (Å²) in [6.45, 7) is 1.97. The van der Waals surface area contributed by atoms with Gasteiger partial charge in [0.05, 0.1) is 11.3 Å². The SMILES string of the molecule is Cc1cccc(NC(=O)Nc2cccc(Nc3ccc4c(c3)NC(=O)/C4=C\c3ccc[nH]3)c2)c1. The average molecular weight is 450 g/mol. The number of aromatic nitrogens is 1. The van der Waals surface area contributed by atoms with E-state index in [-0.39, 0.29) is 11.9 Å². The van der Waals surface area contributed by atoms with Crippen molar-refractivity contribution in [1.29, 1.82) is 0 Å². The van der Waals surface area contributed by atoms with Gasteiger partial charge in [-0.2, -0.15) is 0 Å². The van der Waals surface area contributed by atoms with Crippen LogP contribution in [0.3, 0.4) is 0 Å². The minimum atomic E-state index is -0.315. The summed E-state index contributed by atoms with van der Waals surface area (Å²) in [5.74, 6) is -0.132. The smallest absolute Gasteiger partial charge is 0.323 e. The molecule has 0 spiro atoms. The van der Waals surface area contributed by atoms with Crippen molar-refractivity contribution in [1.82, 2.24) is 4.98 Å². The predicted molar refractivity (Wildman–Crippen MR) is 137 cm³/mol. The maximum Gasteiger partial charge on any atom is 0.323 e. The quantitative estimate of drug-likeness (QED) is 0.235. The number of fused-ring (bicyclic) bond motifs is 1. The molecule has 4 aromatic rings. The van der Waals surface area contributed by atoms with Crippen molar-refractivity contribution >= 4 is 52.0 Å². The molecule has 0 bridgehead atoms. The van der Waals surface area contributed by atoms with Gasteiger partial charge in [0.25, 0.3) is 5.91 Å². The fourth-order valence-corrected chi connectivity index (χ4v) is 3.86. The van der Waals surface area contributed by atoms with E-state index >= 15 is 0 Å². The second-order valence-corrected chi connectivity index (χ2v) is 8.05. The van der Waals surface area contributed by atoms with E-state index in [1.165, 1.54) is 0 Å². The van der Waals surface area contributed by atoms with Gasteiger partial charge in [0.15, 0.2) is 0 Å². The molecule has 0 atom stereocenters. The van der Waals surface area contributed by atoms with Gasteiger partial charge in [-0.1, -0.05) is 24.3 Å². The standard InChI is InChI=1S/C27H23N5O2/c1-17-5-2-6-19(13-17)30-27(34)31-21-8-3-7-20(14-21)29-22-10-11-23-24(15-18-9-4-12-28-18)26(33)32-25(23)16-22/h2-16,28-29H,1H3,(H,32,33)(H2,30,31,34)/b24-15-. The number of benzene rings is 3. The van der Waals surface area contributed by atoms with Gasteiger partial charge in [-0.05, 0) is 73.2 Å². The van der Waals surface area contributed by atoms with Gasteiger partial charge in [-0.15, -0.1) is 0 Å². The van der Waals surface area contributed by atoms with Crippen LogP contribution in [0.5, 0.6) is 0 Å². The Morgan fingerprint density at radius 1 is 0.824 bits per heavy atom. The molecule has 0 radical (unpaired) electrons. The molecule has 1 aromatic heterocycles. The van der Waals surface area contributed by atoms with Crippen LogP contribution in [-0.4, -0.2) is 16.9 Å². The van der Waals surface area contributed by atoms with Crippen LogP contribution in [-0.2, 0) is 4.79 Å². The zero-order valence-corrected chi connectivity index (χ0v) is 18.5. The highest BCUT2D eigenvalue weighted by Crippen LogP contribution is 2.35. The molecule has 1 aliphatic rings. The molecule has 1 aliphatic heterocycles. The first-order valence-electron chi connectivity index (χ1n) is 10.9. The highest BCUT2D eigenvalue weighted by Gasteiger charge is 2.24. The molecule has 0 unspecified atom stereocenters. The number of carbonyl (C=O) groups is 2. The number of hydrogen-bond acceptors (Lipinski definition) is 3. The monoisotopic (exact) mass is 449 g/mol. The lowest BCUT2D eigenvalue weighted by Crippen LogP contribution is -2.19. The minimum Gasteiger partial charge on any atom is -0.362 e. The highest BCUT2D eigenvalue weighted by molar-refractivity contribution is 6.35. The summed E-state index contributed by atoms with van der Waals surface area (Å²) in [5.41, 5.74) is 7.18. The zero-order valence-electron chi connectivity index (χ0n) is 18.5. The highest BCUT2D eigenvalue weighted by atomic mass is 16.2. The molecule has 0 saturated carbocycles. The van der Waals surface area contributed by atoms with Crippen LogP contribution in [0.25, 0.3) is 11.6 Å². The Kier molecular flexibility index (Phi) is 5.58. The molecule has 3 aromatic carbocycles. The third kappa shape index (κ3) is 4.68. The molecule has 7 nitrogen and oxygen atoms in total. The molecule has 5 rings (SSSR count). The second-order valence-electron chi connectivity index (χ2n) is 8.05. The summed E-state index contributed by atoms with van der Waals surface area (Å²) in [4.78, 5) is 27.9. The number of carbonyl (C=O) groups excluding carboxylic acids is 2. The Hall–Kier alpha value is -4.78. The topological polar surface area (TPSA) is 98.0 Å². The first-order valence-corrected chi connectivity index (χ1v) is 10.9. The molecule has 34 heavy (non-hydrogen) atoms. The van der Waals surface area contributed by atoms with Crippen molar-refractivity contribution in [3.05, 3.63) is 102 Å². The predicted octanol–water partition coefficient (Wildman–Crippen LogP) is 6.20. The van der Waals surface area contributed by atoms with E-state index in [1.807, 2.05) is 98.1 Å². The number of urea groups is 1. The summed E-state index contributed by atoms with van der Waals surface area (Å²) in [6.07, 6.45) is 3.66. The second kappa shape index (κ2) is 8.99. The fourth-order valence-electron chi connectivity index (χ4n) is 3.86. The van der Waals surface area contributed by atoms with E-state index in [4.69, 9.17) is 0 Å². The van der Waals surface area contributed by atoms with Gasteiger partial charge in [-0.3, -0.25) is 4.79 Å². The summed E-state index contributed by atoms with van der Waals surface area (Å²) in [7, 11) is 0. The van der Waals surface area contributed by atoms with Crippen molar-refractivity contribution in [3.63, 3.8) is 0 Å². The van der Waals surface area contributed by atoms with Crippen LogP contribution in [0.1, 0.15) is 16.8 Å². The number of aromatic amines is 1. The zero-order chi connectivity index (χ0) is 23.5. The number of amides is 3. The number of rotatable bonds is 5. The summed E-state index contributed by atoms with van der Waals surface area (Å²) in [5, 5.41) is 11.9. The van der Waals surface area contributed by atoms with Crippen LogP contribution in [0.4, 0.5) is 33.2 Å². The average Bonchev–Trinajstić information content (AvgIpc) is 3.42. The molecule has 5 N–H and O–H groups in total. The lowest BCUT2D eigenvalue weighted by molar-refractivity contribution is -0.110. The molecule has 168 valence electrons. The Labute approximate surface area is 196 Å². The number of anilines is 5. The molecular weight excluding hydrogens is 426 g/mol. The summed E-state index contributed by atoms with van der Waals surface area (Å²) < 4.78 is 0. The largest absolute Gasteiger partial charge is 0.362 e.